The van der Waals surface area contributed by atoms with E-state index in [9.17, 15) is 4.79 Å². The summed E-state index contributed by atoms with van der Waals surface area (Å²) in [5.74, 6) is -0.0765. The molecule has 0 bridgehead atoms. The van der Waals surface area contributed by atoms with Gasteiger partial charge in [0.05, 0.1) is 0 Å². The molecule has 0 atom stereocenters. The Kier molecular flexibility index (Phi) is 3.05. The Morgan fingerprint density at radius 3 is 2.89 bits per heavy atom. The van der Waals surface area contributed by atoms with Crippen LogP contribution in [0.3, 0.4) is 0 Å². The minimum atomic E-state index is -0.0765. The van der Waals surface area contributed by atoms with Crippen LogP contribution in [0.15, 0.2) is 30.3 Å². The van der Waals surface area contributed by atoms with E-state index < -0.39 is 0 Å². The van der Waals surface area contributed by atoms with Crippen LogP contribution in [0, 0.1) is 0 Å². The number of rotatable bonds is 2. The van der Waals surface area contributed by atoms with Crippen LogP contribution in [0.2, 0.25) is 0 Å². The molecule has 3 rings (SSSR count). The van der Waals surface area contributed by atoms with Gasteiger partial charge in [0.15, 0.2) is 5.69 Å². The van der Waals surface area contributed by atoms with E-state index in [1.54, 1.807) is 11.9 Å². The molecule has 0 aliphatic carbocycles. The van der Waals surface area contributed by atoms with Crippen LogP contribution in [0.1, 0.15) is 21.7 Å². The van der Waals surface area contributed by atoms with E-state index >= 15 is 0 Å². The van der Waals surface area contributed by atoms with Gasteiger partial charge in [-0.25, -0.2) is 0 Å². The smallest absolute Gasteiger partial charge is 0.278 e. The summed E-state index contributed by atoms with van der Waals surface area (Å²) in [6, 6.07) is 9.59. The third-order valence-corrected chi connectivity index (χ3v) is 3.46. The number of H-pyrrole nitrogens is 1. The molecule has 1 aromatic heterocycles. The van der Waals surface area contributed by atoms with Gasteiger partial charge in [0.1, 0.15) is 0 Å². The Morgan fingerprint density at radius 1 is 1.32 bits per heavy atom. The highest BCUT2D eigenvalue weighted by Crippen LogP contribution is 2.19. The zero-order chi connectivity index (χ0) is 13.2. The topological polar surface area (TPSA) is 61.0 Å². The van der Waals surface area contributed by atoms with Gasteiger partial charge in [-0.3, -0.25) is 9.89 Å². The molecule has 2 aromatic rings. The predicted octanol–water partition coefficient (Wildman–Crippen LogP) is 1.33. The molecule has 5 heteroatoms. The number of para-hydroxylation sites is 1. The van der Waals surface area contributed by atoms with Crippen LogP contribution in [-0.4, -0.2) is 29.7 Å². The van der Waals surface area contributed by atoms with E-state index in [4.69, 9.17) is 0 Å². The number of aromatic nitrogens is 2. The second kappa shape index (κ2) is 4.85. The summed E-state index contributed by atoms with van der Waals surface area (Å²) in [6.45, 7) is 1.63. The van der Waals surface area contributed by atoms with E-state index in [2.05, 4.69) is 15.5 Å². The SMILES string of the molecule is CN(C(=O)c1n[nH]c2c1CNCC2)c1ccccc1. The molecule has 0 fully saturated rings. The third-order valence-electron chi connectivity index (χ3n) is 3.46. The van der Waals surface area contributed by atoms with E-state index in [-0.39, 0.29) is 5.91 Å². The number of hydrogen-bond donors (Lipinski definition) is 2. The van der Waals surface area contributed by atoms with Crippen molar-refractivity contribution in [2.75, 3.05) is 18.5 Å². The van der Waals surface area contributed by atoms with Gasteiger partial charge in [0.25, 0.3) is 5.91 Å². The van der Waals surface area contributed by atoms with Gasteiger partial charge >= 0.3 is 0 Å². The first-order valence-electron chi connectivity index (χ1n) is 6.37. The van der Waals surface area contributed by atoms with E-state index in [1.165, 1.54) is 0 Å². The second-order valence-corrected chi connectivity index (χ2v) is 4.66. The first-order valence-corrected chi connectivity index (χ1v) is 6.37. The van der Waals surface area contributed by atoms with Crippen molar-refractivity contribution >= 4 is 11.6 Å². The Morgan fingerprint density at radius 2 is 2.11 bits per heavy atom. The molecule has 2 N–H and O–H groups in total. The fourth-order valence-electron chi connectivity index (χ4n) is 2.33. The molecular weight excluding hydrogens is 240 g/mol. The number of nitrogens with zero attached hydrogens (tertiary/aromatic N) is 2. The first-order chi connectivity index (χ1) is 9.27. The zero-order valence-electron chi connectivity index (χ0n) is 10.8. The molecule has 98 valence electrons. The molecule has 0 radical (unpaired) electrons. The Bertz CT molecular complexity index is 591. The molecule has 2 heterocycles. The van der Waals surface area contributed by atoms with Gasteiger partial charge in [0.2, 0.25) is 0 Å². The summed E-state index contributed by atoms with van der Waals surface area (Å²) < 4.78 is 0. The number of fused-ring (bicyclic) bond motifs is 1. The first kappa shape index (κ1) is 11.9. The molecule has 19 heavy (non-hydrogen) atoms. The average molecular weight is 256 g/mol. The molecule has 0 spiro atoms. The van der Waals surface area contributed by atoms with Crippen molar-refractivity contribution in [1.82, 2.24) is 15.5 Å². The molecule has 0 saturated heterocycles. The molecule has 1 aromatic carbocycles. The number of carbonyl (C=O) groups is 1. The third kappa shape index (κ3) is 2.13. The van der Waals surface area contributed by atoms with Crippen molar-refractivity contribution in [1.29, 1.82) is 0 Å². The van der Waals surface area contributed by atoms with Crippen LogP contribution < -0.4 is 10.2 Å². The lowest BCUT2D eigenvalue weighted by Gasteiger charge is -2.18. The fraction of sp³-hybridized carbons (Fsp3) is 0.286. The number of anilines is 1. The molecule has 1 amide bonds. The van der Waals surface area contributed by atoms with Gasteiger partial charge in [-0.15, -0.1) is 0 Å². The van der Waals surface area contributed by atoms with Crippen molar-refractivity contribution in [2.24, 2.45) is 0 Å². The summed E-state index contributed by atoms with van der Waals surface area (Å²) in [7, 11) is 1.77. The molecule has 1 aliphatic rings. The molecule has 0 unspecified atom stereocenters. The lowest BCUT2D eigenvalue weighted by atomic mass is 10.1. The number of amides is 1. The van der Waals surface area contributed by atoms with E-state index in [1.807, 2.05) is 30.3 Å². The maximum Gasteiger partial charge on any atom is 0.278 e. The highest BCUT2D eigenvalue weighted by molar-refractivity contribution is 6.05. The van der Waals surface area contributed by atoms with Crippen molar-refractivity contribution < 1.29 is 4.79 Å². The molecule has 0 saturated carbocycles. The standard InChI is InChI=1S/C14H16N4O/c1-18(10-5-3-2-4-6-10)14(19)13-11-9-15-8-7-12(11)16-17-13/h2-6,15H,7-9H2,1H3,(H,16,17). The zero-order valence-corrected chi connectivity index (χ0v) is 10.8. The van der Waals surface area contributed by atoms with Crippen LogP contribution in [0.4, 0.5) is 5.69 Å². The van der Waals surface area contributed by atoms with Gasteiger partial charge in [-0.1, -0.05) is 18.2 Å². The van der Waals surface area contributed by atoms with Gasteiger partial charge in [-0.05, 0) is 12.1 Å². The highest BCUT2D eigenvalue weighted by atomic mass is 16.2. The number of aromatic amines is 1. The average Bonchev–Trinajstić information content (AvgIpc) is 2.90. The van der Waals surface area contributed by atoms with Crippen molar-refractivity contribution in [3.63, 3.8) is 0 Å². The molecular formula is C14H16N4O. The Labute approximate surface area is 111 Å². The number of benzene rings is 1. The molecule has 5 nitrogen and oxygen atoms in total. The van der Waals surface area contributed by atoms with Gasteiger partial charge < -0.3 is 10.2 Å². The minimum Gasteiger partial charge on any atom is -0.312 e. The predicted molar refractivity (Wildman–Crippen MR) is 73.2 cm³/mol. The Balaban J connectivity index is 1.90. The summed E-state index contributed by atoms with van der Waals surface area (Å²) >= 11 is 0. The van der Waals surface area contributed by atoms with Crippen molar-refractivity contribution in [3.05, 3.63) is 47.3 Å². The van der Waals surface area contributed by atoms with E-state index in [0.717, 1.165) is 29.9 Å². The number of nitrogens with one attached hydrogen (secondary N) is 2. The minimum absolute atomic E-state index is 0.0765. The van der Waals surface area contributed by atoms with Crippen LogP contribution in [0.5, 0.6) is 0 Å². The largest absolute Gasteiger partial charge is 0.312 e. The number of carbonyl (C=O) groups excluding carboxylic acids is 1. The van der Waals surface area contributed by atoms with Crippen molar-refractivity contribution in [2.45, 2.75) is 13.0 Å². The van der Waals surface area contributed by atoms with Crippen molar-refractivity contribution in [3.8, 4) is 0 Å². The highest BCUT2D eigenvalue weighted by Gasteiger charge is 2.24. The van der Waals surface area contributed by atoms with Crippen LogP contribution in [-0.2, 0) is 13.0 Å². The summed E-state index contributed by atoms with van der Waals surface area (Å²) in [5.41, 5.74) is 3.46. The maximum atomic E-state index is 12.5. The van der Waals surface area contributed by atoms with Crippen LogP contribution in [0.25, 0.3) is 0 Å². The normalized spacial score (nSPS) is 13.9. The van der Waals surface area contributed by atoms with E-state index in [0.29, 0.717) is 12.2 Å². The van der Waals surface area contributed by atoms with Gasteiger partial charge in [-0.2, -0.15) is 5.10 Å². The summed E-state index contributed by atoms with van der Waals surface area (Å²) in [6.07, 6.45) is 0.894. The van der Waals surface area contributed by atoms with Crippen LogP contribution >= 0.6 is 0 Å². The molecule has 1 aliphatic heterocycles. The maximum absolute atomic E-state index is 12.5. The monoisotopic (exact) mass is 256 g/mol. The summed E-state index contributed by atoms with van der Waals surface area (Å²) in [4.78, 5) is 14.1. The fourth-order valence-corrected chi connectivity index (χ4v) is 2.33. The second-order valence-electron chi connectivity index (χ2n) is 4.66. The quantitative estimate of drug-likeness (QED) is 0.852. The lowest BCUT2D eigenvalue weighted by Crippen LogP contribution is -2.30. The van der Waals surface area contributed by atoms with Gasteiger partial charge in [0, 0.05) is 43.5 Å². The Hall–Kier alpha value is -2.14. The summed E-state index contributed by atoms with van der Waals surface area (Å²) in [5, 5.41) is 10.4. The lowest BCUT2D eigenvalue weighted by molar-refractivity contribution is 0.0987. The number of hydrogen-bond acceptors (Lipinski definition) is 3.